The number of aryl methyl sites for hydroxylation is 3. The Balaban J connectivity index is 1.78. The number of nitriles is 1. The SMILES string of the molecule is CCn1cc(C#N)c(=O)n(CC(=O)NC(C)c2ccc3c(c2)CCCC3)c1=O. The lowest BCUT2D eigenvalue weighted by atomic mass is 9.89. The van der Waals surface area contributed by atoms with Crippen LogP contribution in [0.25, 0.3) is 0 Å². The maximum absolute atomic E-state index is 12.5. The number of rotatable bonds is 5. The maximum Gasteiger partial charge on any atom is 0.331 e. The van der Waals surface area contributed by atoms with Crippen LogP contribution in [0.15, 0.2) is 34.0 Å². The first-order valence-corrected chi connectivity index (χ1v) is 9.60. The highest BCUT2D eigenvalue weighted by molar-refractivity contribution is 5.76. The van der Waals surface area contributed by atoms with Gasteiger partial charge in [0.05, 0.1) is 6.04 Å². The van der Waals surface area contributed by atoms with Crippen molar-refractivity contribution in [3.63, 3.8) is 0 Å². The highest BCUT2D eigenvalue weighted by Crippen LogP contribution is 2.24. The Kier molecular flexibility index (Phi) is 5.78. The average molecular weight is 380 g/mol. The third-order valence-electron chi connectivity index (χ3n) is 5.25. The monoisotopic (exact) mass is 380 g/mol. The van der Waals surface area contributed by atoms with Crippen molar-refractivity contribution in [2.75, 3.05) is 0 Å². The molecule has 2 aromatic rings. The minimum atomic E-state index is -0.742. The fraction of sp³-hybridized carbons (Fsp3) is 0.429. The summed E-state index contributed by atoms with van der Waals surface area (Å²) >= 11 is 0. The van der Waals surface area contributed by atoms with Gasteiger partial charge in [0.25, 0.3) is 5.56 Å². The number of carbonyl (C=O) groups excluding carboxylic acids is 1. The van der Waals surface area contributed by atoms with Gasteiger partial charge in [-0.25, -0.2) is 9.36 Å². The second-order valence-electron chi connectivity index (χ2n) is 7.14. The number of hydrogen-bond donors (Lipinski definition) is 1. The Labute approximate surface area is 163 Å². The molecule has 28 heavy (non-hydrogen) atoms. The summed E-state index contributed by atoms with van der Waals surface area (Å²) in [7, 11) is 0. The van der Waals surface area contributed by atoms with Crippen molar-refractivity contribution in [3.8, 4) is 6.07 Å². The molecular weight excluding hydrogens is 356 g/mol. The summed E-state index contributed by atoms with van der Waals surface area (Å²) in [5, 5.41) is 12.0. The molecule has 1 atom stereocenters. The summed E-state index contributed by atoms with van der Waals surface area (Å²) < 4.78 is 2.07. The lowest BCUT2D eigenvalue weighted by Gasteiger charge is -2.20. The van der Waals surface area contributed by atoms with E-state index in [4.69, 9.17) is 5.26 Å². The molecule has 0 saturated carbocycles. The molecule has 146 valence electrons. The largest absolute Gasteiger partial charge is 0.348 e. The van der Waals surface area contributed by atoms with Crippen LogP contribution in [0.5, 0.6) is 0 Å². The normalized spacial score (nSPS) is 14.0. The molecule has 0 radical (unpaired) electrons. The van der Waals surface area contributed by atoms with Crippen molar-refractivity contribution in [1.82, 2.24) is 14.5 Å². The summed E-state index contributed by atoms with van der Waals surface area (Å²) in [6.07, 6.45) is 5.77. The van der Waals surface area contributed by atoms with Crippen LogP contribution in [0.3, 0.4) is 0 Å². The standard InChI is InChI=1S/C21H24N4O3/c1-3-24-12-18(11-22)20(27)25(21(24)28)13-19(26)23-14(2)16-9-8-15-6-4-5-7-17(15)10-16/h8-10,12,14H,3-7,13H2,1-2H3,(H,23,26). The number of nitrogens with one attached hydrogen (secondary N) is 1. The number of amides is 1. The van der Waals surface area contributed by atoms with Crippen LogP contribution in [-0.2, 0) is 30.7 Å². The fourth-order valence-corrected chi connectivity index (χ4v) is 3.63. The van der Waals surface area contributed by atoms with E-state index in [-0.39, 0.29) is 11.6 Å². The van der Waals surface area contributed by atoms with Gasteiger partial charge in [-0.05, 0) is 56.2 Å². The second-order valence-corrected chi connectivity index (χ2v) is 7.14. The lowest BCUT2D eigenvalue weighted by Crippen LogP contribution is -2.44. The molecule has 1 aromatic heterocycles. The van der Waals surface area contributed by atoms with E-state index in [1.807, 2.05) is 13.0 Å². The van der Waals surface area contributed by atoms with Crippen LogP contribution < -0.4 is 16.6 Å². The minimum Gasteiger partial charge on any atom is -0.348 e. The zero-order chi connectivity index (χ0) is 20.3. The zero-order valence-electron chi connectivity index (χ0n) is 16.2. The Morgan fingerprint density at radius 3 is 2.64 bits per heavy atom. The number of hydrogen-bond acceptors (Lipinski definition) is 4. The number of carbonyl (C=O) groups is 1. The van der Waals surface area contributed by atoms with Gasteiger partial charge in [0.2, 0.25) is 5.91 Å². The molecule has 1 aromatic carbocycles. The molecule has 0 aliphatic heterocycles. The molecule has 1 amide bonds. The summed E-state index contributed by atoms with van der Waals surface area (Å²) in [5.74, 6) is -0.442. The highest BCUT2D eigenvalue weighted by atomic mass is 16.2. The molecule has 0 spiro atoms. The quantitative estimate of drug-likeness (QED) is 0.853. The Morgan fingerprint density at radius 1 is 1.25 bits per heavy atom. The van der Waals surface area contributed by atoms with Crippen molar-refractivity contribution in [2.24, 2.45) is 0 Å². The van der Waals surface area contributed by atoms with Crippen LogP contribution >= 0.6 is 0 Å². The number of nitrogens with zero attached hydrogens (tertiary/aromatic N) is 3. The summed E-state index contributed by atoms with van der Waals surface area (Å²) in [6, 6.07) is 7.80. The second kappa shape index (κ2) is 8.26. The molecule has 1 aliphatic rings. The van der Waals surface area contributed by atoms with Crippen molar-refractivity contribution in [3.05, 3.63) is 67.5 Å². The molecule has 1 aliphatic carbocycles. The van der Waals surface area contributed by atoms with Crippen LogP contribution in [0.4, 0.5) is 0 Å². The molecule has 0 saturated heterocycles. The van der Waals surface area contributed by atoms with E-state index < -0.39 is 23.7 Å². The number of fused-ring (bicyclic) bond motifs is 1. The predicted molar refractivity (Wildman–Crippen MR) is 105 cm³/mol. The van der Waals surface area contributed by atoms with Crippen molar-refractivity contribution < 1.29 is 4.79 Å². The minimum absolute atomic E-state index is 0.156. The first-order chi connectivity index (χ1) is 13.4. The average Bonchev–Trinajstić information content (AvgIpc) is 2.71. The number of aromatic nitrogens is 2. The molecule has 0 fully saturated rings. The van der Waals surface area contributed by atoms with E-state index in [1.165, 1.54) is 34.7 Å². The summed E-state index contributed by atoms with van der Waals surface area (Å²) in [5.41, 5.74) is 2.20. The Hall–Kier alpha value is -3.14. The van der Waals surface area contributed by atoms with Crippen LogP contribution in [0.2, 0.25) is 0 Å². The summed E-state index contributed by atoms with van der Waals surface area (Å²) in [6.45, 7) is 3.50. The van der Waals surface area contributed by atoms with E-state index >= 15 is 0 Å². The van der Waals surface area contributed by atoms with Crippen molar-refractivity contribution in [2.45, 2.75) is 58.7 Å². The van der Waals surface area contributed by atoms with Crippen molar-refractivity contribution in [1.29, 1.82) is 5.26 Å². The van der Waals surface area contributed by atoms with E-state index in [1.54, 1.807) is 13.0 Å². The van der Waals surface area contributed by atoms with E-state index in [9.17, 15) is 14.4 Å². The van der Waals surface area contributed by atoms with E-state index in [2.05, 4.69) is 17.4 Å². The van der Waals surface area contributed by atoms with Gasteiger partial charge >= 0.3 is 5.69 Å². The molecule has 3 rings (SSSR count). The molecule has 7 nitrogen and oxygen atoms in total. The topological polar surface area (TPSA) is 96.9 Å². The van der Waals surface area contributed by atoms with Crippen molar-refractivity contribution >= 4 is 5.91 Å². The number of benzene rings is 1. The molecule has 1 N–H and O–H groups in total. The third kappa shape index (κ3) is 3.91. The molecule has 1 heterocycles. The van der Waals surface area contributed by atoms with Gasteiger partial charge < -0.3 is 5.32 Å². The zero-order valence-corrected chi connectivity index (χ0v) is 16.2. The van der Waals surface area contributed by atoms with E-state index in [0.717, 1.165) is 23.0 Å². The van der Waals surface area contributed by atoms with Gasteiger partial charge in [0, 0.05) is 12.7 Å². The van der Waals surface area contributed by atoms with E-state index in [0.29, 0.717) is 6.54 Å². The van der Waals surface area contributed by atoms with Gasteiger partial charge in [0.15, 0.2) is 0 Å². The Bertz CT molecular complexity index is 1060. The predicted octanol–water partition coefficient (Wildman–Crippen LogP) is 1.66. The molecule has 7 heteroatoms. The molecule has 0 bridgehead atoms. The van der Waals surface area contributed by atoms with Crippen LogP contribution in [0.1, 0.15) is 55.0 Å². The third-order valence-corrected chi connectivity index (χ3v) is 5.25. The van der Waals surface area contributed by atoms with Gasteiger partial charge in [-0.15, -0.1) is 0 Å². The Morgan fingerprint density at radius 2 is 1.96 bits per heavy atom. The fourth-order valence-electron chi connectivity index (χ4n) is 3.63. The highest BCUT2D eigenvalue weighted by Gasteiger charge is 2.17. The summed E-state index contributed by atoms with van der Waals surface area (Å²) in [4.78, 5) is 37.2. The smallest absolute Gasteiger partial charge is 0.331 e. The first-order valence-electron chi connectivity index (χ1n) is 9.60. The van der Waals surface area contributed by atoms with Crippen LogP contribution in [0, 0.1) is 11.3 Å². The molecule has 1 unspecified atom stereocenters. The van der Waals surface area contributed by atoms with Gasteiger partial charge in [-0.3, -0.25) is 14.2 Å². The van der Waals surface area contributed by atoms with Gasteiger partial charge in [0.1, 0.15) is 18.2 Å². The van der Waals surface area contributed by atoms with Crippen LogP contribution in [-0.4, -0.2) is 15.0 Å². The lowest BCUT2D eigenvalue weighted by molar-refractivity contribution is -0.122. The van der Waals surface area contributed by atoms with Gasteiger partial charge in [-0.1, -0.05) is 18.2 Å². The van der Waals surface area contributed by atoms with Gasteiger partial charge in [-0.2, -0.15) is 5.26 Å². The first kappa shape index (κ1) is 19.6. The maximum atomic E-state index is 12.5. The molecular formula is C21H24N4O3.